The van der Waals surface area contributed by atoms with Crippen LogP contribution in [-0.4, -0.2) is 15.5 Å². The lowest BCUT2D eigenvalue weighted by Crippen LogP contribution is -2.21. The lowest BCUT2D eigenvalue weighted by atomic mass is 10.3. The topological polar surface area (TPSA) is 56.2 Å². The van der Waals surface area contributed by atoms with Crippen molar-refractivity contribution in [1.82, 2.24) is 9.55 Å². The summed E-state index contributed by atoms with van der Waals surface area (Å²) >= 11 is 18.3. The summed E-state index contributed by atoms with van der Waals surface area (Å²) in [7, 11) is 0. The van der Waals surface area contributed by atoms with Crippen LogP contribution in [0.25, 0.3) is 11.0 Å². The first-order chi connectivity index (χ1) is 14.5. The Hall–Kier alpha value is -2.73. The second-order valence-corrected chi connectivity index (χ2v) is 7.75. The molecule has 5 nitrogen and oxygen atoms in total. The SMILES string of the molecule is O=C(Cn1c(COc2ccc(Cl)cc2Cl)nc2ccccc21)Nc1ccccc1Cl. The van der Waals surface area contributed by atoms with Gasteiger partial charge >= 0.3 is 0 Å². The van der Waals surface area contributed by atoms with Crippen molar-refractivity contribution in [1.29, 1.82) is 0 Å². The number of carbonyl (C=O) groups excluding carboxylic acids is 1. The normalized spacial score (nSPS) is 10.9. The molecule has 0 aliphatic heterocycles. The maximum absolute atomic E-state index is 12.7. The van der Waals surface area contributed by atoms with Gasteiger partial charge in [0.15, 0.2) is 0 Å². The van der Waals surface area contributed by atoms with Gasteiger partial charge in [0.05, 0.1) is 26.8 Å². The fraction of sp³-hybridized carbons (Fsp3) is 0.0909. The van der Waals surface area contributed by atoms with Gasteiger partial charge < -0.3 is 14.6 Å². The van der Waals surface area contributed by atoms with Gasteiger partial charge in [-0.15, -0.1) is 0 Å². The summed E-state index contributed by atoms with van der Waals surface area (Å²) in [5.41, 5.74) is 2.15. The van der Waals surface area contributed by atoms with E-state index in [1.165, 1.54) is 0 Å². The van der Waals surface area contributed by atoms with E-state index in [0.717, 1.165) is 11.0 Å². The van der Waals surface area contributed by atoms with E-state index in [4.69, 9.17) is 39.5 Å². The molecule has 0 radical (unpaired) electrons. The third kappa shape index (κ3) is 4.54. The number of anilines is 1. The minimum atomic E-state index is -0.225. The molecule has 0 saturated carbocycles. The number of ether oxygens (including phenoxy) is 1. The van der Waals surface area contributed by atoms with E-state index in [-0.39, 0.29) is 19.1 Å². The molecule has 1 heterocycles. The Morgan fingerprint density at radius 3 is 2.53 bits per heavy atom. The van der Waals surface area contributed by atoms with Crippen LogP contribution < -0.4 is 10.1 Å². The number of fused-ring (bicyclic) bond motifs is 1. The van der Waals surface area contributed by atoms with E-state index in [0.29, 0.717) is 32.3 Å². The van der Waals surface area contributed by atoms with Gasteiger partial charge in [-0.25, -0.2) is 4.98 Å². The zero-order valence-corrected chi connectivity index (χ0v) is 17.9. The summed E-state index contributed by atoms with van der Waals surface area (Å²) in [6.07, 6.45) is 0. The first kappa shape index (κ1) is 20.5. The lowest BCUT2D eigenvalue weighted by molar-refractivity contribution is -0.116. The molecule has 3 aromatic carbocycles. The van der Waals surface area contributed by atoms with Gasteiger partial charge in [0.1, 0.15) is 24.7 Å². The quantitative estimate of drug-likeness (QED) is 0.372. The first-order valence-electron chi connectivity index (χ1n) is 9.07. The second kappa shape index (κ2) is 8.96. The molecule has 30 heavy (non-hydrogen) atoms. The van der Waals surface area contributed by atoms with Gasteiger partial charge in [-0.2, -0.15) is 0 Å². The number of hydrogen-bond donors (Lipinski definition) is 1. The second-order valence-electron chi connectivity index (χ2n) is 6.49. The number of benzene rings is 3. The van der Waals surface area contributed by atoms with E-state index < -0.39 is 0 Å². The molecule has 1 aromatic heterocycles. The Bertz CT molecular complexity index is 1220. The Balaban J connectivity index is 1.58. The Labute approximate surface area is 188 Å². The first-order valence-corrected chi connectivity index (χ1v) is 10.2. The number of imidazole rings is 1. The molecular formula is C22H16Cl3N3O2. The predicted octanol–water partition coefficient (Wildman–Crippen LogP) is 6.21. The average molecular weight is 461 g/mol. The van der Waals surface area contributed by atoms with Crippen molar-refractivity contribution < 1.29 is 9.53 Å². The molecule has 0 aliphatic carbocycles. The standard InChI is InChI=1S/C22H16Cl3N3O2/c23-14-9-10-20(16(25)11-14)30-13-21-26-18-7-3-4-8-19(18)28(21)12-22(29)27-17-6-2-1-5-15(17)24/h1-11H,12-13H2,(H,27,29). The van der Waals surface area contributed by atoms with Crippen LogP contribution in [0.5, 0.6) is 5.75 Å². The predicted molar refractivity (Wildman–Crippen MR) is 121 cm³/mol. The minimum Gasteiger partial charge on any atom is -0.484 e. The van der Waals surface area contributed by atoms with Crippen molar-refractivity contribution in [2.45, 2.75) is 13.2 Å². The zero-order chi connectivity index (χ0) is 21.1. The van der Waals surface area contributed by atoms with Crippen LogP contribution >= 0.6 is 34.8 Å². The molecular weight excluding hydrogens is 445 g/mol. The molecule has 4 aromatic rings. The largest absolute Gasteiger partial charge is 0.484 e. The van der Waals surface area contributed by atoms with Crippen LogP contribution in [0.2, 0.25) is 15.1 Å². The van der Waals surface area contributed by atoms with Crippen LogP contribution in [0.4, 0.5) is 5.69 Å². The van der Waals surface area contributed by atoms with Crippen molar-refractivity contribution in [2.75, 3.05) is 5.32 Å². The Morgan fingerprint density at radius 1 is 0.967 bits per heavy atom. The van der Waals surface area contributed by atoms with Gasteiger partial charge in [0.25, 0.3) is 0 Å². The summed E-state index contributed by atoms with van der Waals surface area (Å²) in [5.74, 6) is 0.855. The molecule has 1 N–H and O–H groups in total. The zero-order valence-electron chi connectivity index (χ0n) is 15.6. The molecule has 0 spiro atoms. The number of rotatable bonds is 6. The molecule has 0 atom stereocenters. The molecule has 1 amide bonds. The molecule has 8 heteroatoms. The third-order valence-electron chi connectivity index (χ3n) is 4.43. The van der Waals surface area contributed by atoms with Crippen molar-refractivity contribution in [3.63, 3.8) is 0 Å². The number of para-hydroxylation sites is 3. The summed E-state index contributed by atoms with van der Waals surface area (Å²) in [6, 6.07) is 19.7. The van der Waals surface area contributed by atoms with Crippen molar-refractivity contribution in [2.24, 2.45) is 0 Å². The highest BCUT2D eigenvalue weighted by Crippen LogP contribution is 2.28. The van der Waals surface area contributed by atoms with Crippen LogP contribution in [0.3, 0.4) is 0 Å². The van der Waals surface area contributed by atoms with Crippen LogP contribution in [0.15, 0.2) is 66.7 Å². The summed E-state index contributed by atoms with van der Waals surface area (Å²) in [4.78, 5) is 17.3. The monoisotopic (exact) mass is 459 g/mol. The van der Waals surface area contributed by atoms with Crippen LogP contribution in [-0.2, 0) is 17.9 Å². The Morgan fingerprint density at radius 2 is 1.73 bits per heavy atom. The summed E-state index contributed by atoms with van der Waals surface area (Å²) in [6.45, 7) is 0.189. The number of nitrogens with one attached hydrogen (secondary N) is 1. The van der Waals surface area contributed by atoms with Crippen molar-refractivity contribution >= 4 is 57.4 Å². The maximum Gasteiger partial charge on any atom is 0.244 e. The van der Waals surface area contributed by atoms with E-state index in [1.54, 1.807) is 36.4 Å². The van der Waals surface area contributed by atoms with Gasteiger partial charge in [0, 0.05) is 5.02 Å². The number of nitrogens with zero attached hydrogens (tertiary/aromatic N) is 2. The average Bonchev–Trinajstić information content (AvgIpc) is 3.06. The number of aromatic nitrogens is 2. The Kier molecular flexibility index (Phi) is 6.13. The third-order valence-corrected chi connectivity index (χ3v) is 5.29. The highest BCUT2D eigenvalue weighted by molar-refractivity contribution is 6.35. The van der Waals surface area contributed by atoms with Gasteiger partial charge in [-0.1, -0.05) is 59.1 Å². The van der Waals surface area contributed by atoms with Gasteiger partial charge in [0.2, 0.25) is 5.91 Å². The smallest absolute Gasteiger partial charge is 0.244 e. The van der Waals surface area contributed by atoms with E-state index in [1.807, 2.05) is 34.9 Å². The number of halogens is 3. The highest BCUT2D eigenvalue weighted by Gasteiger charge is 2.15. The molecule has 152 valence electrons. The van der Waals surface area contributed by atoms with Gasteiger partial charge in [-0.05, 0) is 42.5 Å². The van der Waals surface area contributed by atoms with Crippen LogP contribution in [0.1, 0.15) is 5.82 Å². The van der Waals surface area contributed by atoms with Crippen molar-refractivity contribution in [3.8, 4) is 5.75 Å². The molecule has 0 fully saturated rings. The van der Waals surface area contributed by atoms with E-state index >= 15 is 0 Å². The summed E-state index contributed by atoms with van der Waals surface area (Å²) < 4.78 is 7.65. The summed E-state index contributed by atoms with van der Waals surface area (Å²) in [5, 5.41) is 4.24. The number of carbonyl (C=O) groups is 1. The molecule has 0 aliphatic rings. The number of hydrogen-bond acceptors (Lipinski definition) is 3. The molecule has 4 rings (SSSR count). The molecule has 0 saturated heterocycles. The van der Waals surface area contributed by atoms with Crippen molar-refractivity contribution in [3.05, 3.63) is 87.6 Å². The fourth-order valence-electron chi connectivity index (χ4n) is 3.04. The van der Waals surface area contributed by atoms with E-state index in [9.17, 15) is 4.79 Å². The van der Waals surface area contributed by atoms with E-state index in [2.05, 4.69) is 10.3 Å². The molecule has 0 unspecified atom stereocenters. The van der Waals surface area contributed by atoms with Crippen LogP contribution in [0, 0.1) is 0 Å². The lowest BCUT2D eigenvalue weighted by Gasteiger charge is -2.12. The number of amides is 1. The fourth-order valence-corrected chi connectivity index (χ4v) is 3.69. The van der Waals surface area contributed by atoms with Gasteiger partial charge in [-0.3, -0.25) is 4.79 Å². The maximum atomic E-state index is 12.7. The molecule has 0 bridgehead atoms. The minimum absolute atomic E-state index is 0.0543. The highest BCUT2D eigenvalue weighted by atomic mass is 35.5.